The second kappa shape index (κ2) is 7.86. The van der Waals surface area contributed by atoms with Crippen molar-refractivity contribution in [3.63, 3.8) is 0 Å². The molecule has 0 atom stereocenters. The minimum absolute atomic E-state index is 0.0719. The average Bonchev–Trinajstić information content (AvgIpc) is 2.74. The van der Waals surface area contributed by atoms with Crippen molar-refractivity contribution in [2.45, 2.75) is 26.1 Å². The number of aryl methyl sites for hydroxylation is 1. The number of hydrogen-bond acceptors (Lipinski definition) is 6. The van der Waals surface area contributed by atoms with Gasteiger partial charge in [0.05, 0.1) is 22.6 Å². The number of benzene rings is 1. The van der Waals surface area contributed by atoms with Gasteiger partial charge < -0.3 is 16.0 Å². The van der Waals surface area contributed by atoms with E-state index in [1.807, 2.05) is 0 Å². The molecule has 0 unspecified atom stereocenters. The zero-order valence-electron chi connectivity index (χ0n) is 16.6. The summed E-state index contributed by atoms with van der Waals surface area (Å²) in [6, 6.07) is 5.39. The predicted octanol–water partition coefficient (Wildman–Crippen LogP) is 3.60. The van der Waals surface area contributed by atoms with Gasteiger partial charge in [-0.3, -0.25) is 9.78 Å². The van der Waals surface area contributed by atoms with Crippen LogP contribution in [0.3, 0.4) is 0 Å². The number of anilines is 3. The van der Waals surface area contributed by atoms with Crippen molar-refractivity contribution in [2.75, 3.05) is 22.5 Å². The van der Waals surface area contributed by atoms with Crippen LogP contribution in [0.25, 0.3) is 0 Å². The fourth-order valence-electron chi connectivity index (χ4n) is 3.62. The number of aromatic nitrogens is 3. The summed E-state index contributed by atoms with van der Waals surface area (Å²) in [5.74, 6) is -0.386. The molecule has 1 amide bonds. The zero-order chi connectivity index (χ0) is 22.2. The highest BCUT2D eigenvalue weighted by molar-refractivity contribution is 6.06. The fraction of sp³-hybridized carbons (Fsp3) is 0.238. The second-order valence-electron chi connectivity index (χ2n) is 7.21. The molecular formula is C21H19F3N6O. The van der Waals surface area contributed by atoms with Gasteiger partial charge in [-0.25, -0.2) is 9.97 Å². The second-order valence-corrected chi connectivity index (χ2v) is 7.21. The third-order valence-corrected chi connectivity index (χ3v) is 5.14. The summed E-state index contributed by atoms with van der Waals surface area (Å²) in [7, 11) is 0. The monoisotopic (exact) mass is 428 g/mol. The Morgan fingerprint density at radius 1 is 1.19 bits per heavy atom. The van der Waals surface area contributed by atoms with E-state index in [0.717, 1.165) is 6.07 Å². The average molecular weight is 428 g/mol. The van der Waals surface area contributed by atoms with Crippen LogP contribution in [-0.2, 0) is 19.1 Å². The molecule has 0 bridgehead atoms. The quantitative estimate of drug-likeness (QED) is 0.662. The number of halogens is 3. The van der Waals surface area contributed by atoms with Crippen LogP contribution in [0.5, 0.6) is 0 Å². The molecule has 160 valence electrons. The smallest absolute Gasteiger partial charge is 0.368 e. The van der Waals surface area contributed by atoms with Gasteiger partial charge in [0.1, 0.15) is 0 Å². The van der Waals surface area contributed by atoms with Gasteiger partial charge in [-0.1, -0.05) is 6.07 Å². The highest BCUT2D eigenvalue weighted by Gasteiger charge is 2.38. The maximum Gasteiger partial charge on any atom is 0.418 e. The van der Waals surface area contributed by atoms with Gasteiger partial charge in [0.25, 0.3) is 5.91 Å². The maximum absolute atomic E-state index is 13.9. The first-order chi connectivity index (χ1) is 14.7. The van der Waals surface area contributed by atoms with Gasteiger partial charge in [-0.2, -0.15) is 13.2 Å². The lowest BCUT2D eigenvalue weighted by molar-refractivity contribution is -0.137. The molecule has 2 aromatic heterocycles. The number of rotatable bonds is 3. The molecule has 31 heavy (non-hydrogen) atoms. The number of carbonyl (C=O) groups is 1. The number of nitrogen functional groups attached to an aromatic ring is 1. The molecule has 0 saturated heterocycles. The Labute approximate surface area is 176 Å². The maximum atomic E-state index is 13.9. The van der Waals surface area contributed by atoms with Crippen LogP contribution in [0.2, 0.25) is 0 Å². The first-order valence-electron chi connectivity index (χ1n) is 9.51. The van der Waals surface area contributed by atoms with E-state index in [9.17, 15) is 18.0 Å². The molecule has 3 aromatic rings. The Bertz CT molecular complexity index is 1130. The van der Waals surface area contributed by atoms with Gasteiger partial charge in [0.15, 0.2) is 0 Å². The highest BCUT2D eigenvalue weighted by Crippen LogP contribution is 2.44. The van der Waals surface area contributed by atoms with Gasteiger partial charge in [-0.15, -0.1) is 0 Å². The van der Waals surface area contributed by atoms with Crippen molar-refractivity contribution in [1.82, 2.24) is 15.0 Å². The first kappa shape index (κ1) is 20.6. The molecule has 4 rings (SSSR count). The normalized spacial score (nSPS) is 13.6. The zero-order valence-corrected chi connectivity index (χ0v) is 16.6. The summed E-state index contributed by atoms with van der Waals surface area (Å²) in [6.45, 7) is 2.11. The van der Waals surface area contributed by atoms with Gasteiger partial charge in [0.2, 0.25) is 5.95 Å². The third-order valence-electron chi connectivity index (χ3n) is 5.14. The number of alkyl halides is 3. The van der Waals surface area contributed by atoms with Crippen molar-refractivity contribution in [2.24, 2.45) is 0 Å². The fourth-order valence-corrected chi connectivity index (χ4v) is 3.62. The van der Waals surface area contributed by atoms with Crippen molar-refractivity contribution in [3.8, 4) is 0 Å². The molecule has 10 heteroatoms. The van der Waals surface area contributed by atoms with Crippen LogP contribution < -0.4 is 16.0 Å². The van der Waals surface area contributed by atoms with E-state index in [2.05, 4.69) is 20.3 Å². The summed E-state index contributed by atoms with van der Waals surface area (Å²) in [6.07, 6.45) is 0.231. The van der Waals surface area contributed by atoms with E-state index in [-0.39, 0.29) is 30.4 Å². The van der Waals surface area contributed by atoms with Crippen LogP contribution in [0.4, 0.5) is 30.5 Å². The number of carbonyl (C=O) groups excluding carboxylic acids is 1. The molecule has 0 fully saturated rings. The molecule has 0 saturated carbocycles. The number of nitrogens with one attached hydrogen (secondary N) is 1. The van der Waals surface area contributed by atoms with Gasteiger partial charge in [0, 0.05) is 49.2 Å². The number of fused-ring (bicyclic) bond motifs is 1. The Kier molecular flexibility index (Phi) is 5.22. The van der Waals surface area contributed by atoms with E-state index in [0.29, 0.717) is 28.8 Å². The van der Waals surface area contributed by atoms with Crippen molar-refractivity contribution < 1.29 is 18.0 Å². The number of nitrogens with zero attached hydrogens (tertiary/aromatic N) is 4. The number of pyridine rings is 1. The van der Waals surface area contributed by atoms with Crippen molar-refractivity contribution in [3.05, 3.63) is 70.8 Å². The van der Waals surface area contributed by atoms with Crippen LogP contribution in [0.15, 0.2) is 42.9 Å². The predicted molar refractivity (Wildman–Crippen MR) is 110 cm³/mol. The van der Waals surface area contributed by atoms with E-state index >= 15 is 0 Å². The number of amides is 1. The molecule has 0 radical (unpaired) electrons. The van der Waals surface area contributed by atoms with Gasteiger partial charge >= 0.3 is 6.18 Å². The van der Waals surface area contributed by atoms with Crippen LogP contribution in [-0.4, -0.2) is 27.4 Å². The summed E-state index contributed by atoms with van der Waals surface area (Å²) in [5.41, 5.74) is 7.09. The largest absolute Gasteiger partial charge is 0.418 e. The molecule has 7 nitrogen and oxygen atoms in total. The molecule has 0 aliphatic carbocycles. The van der Waals surface area contributed by atoms with Crippen molar-refractivity contribution in [1.29, 1.82) is 0 Å². The molecule has 0 spiro atoms. The van der Waals surface area contributed by atoms with Crippen molar-refractivity contribution >= 4 is 23.2 Å². The summed E-state index contributed by atoms with van der Waals surface area (Å²) < 4.78 is 41.8. The van der Waals surface area contributed by atoms with Crippen LogP contribution >= 0.6 is 0 Å². The summed E-state index contributed by atoms with van der Waals surface area (Å²) >= 11 is 0. The standard InChI is InChI=1S/C21H19F3N6O/c1-12-2-3-15(21(22,23)24)18(17(12)29-19(31)13-4-7-26-8-5-13)30-9-6-16-14(11-30)10-27-20(25)28-16/h2-5,7-8,10H,6,9,11H2,1H3,(H,29,31)(H2,25,27,28). The minimum atomic E-state index is -4.60. The van der Waals surface area contributed by atoms with Gasteiger partial charge in [-0.05, 0) is 30.7 Å². The first-order valence-corrected chi connectivity index (χ1v) is 9.51. The molecule has 3 heterocycles. The Hall–Kier alpha value is -3.69. The topological polar surface area (TPSA) is 97.0 Å². The molecule has 1 aliphatic heterocycles. The minimum Gasteiger partial charge on any atom is -0.368 e. The number of hydrogen-bond donors (Lipinski definition) is 2. The van der Waals surface area contributed by atoms with E-state index in [1.165, 1.54) is 36.8 Å². The lowest BCUT2D eigenvalue weighted by Crippen LogP contribution is -2.34. The van der Waals surface area contributed by atoms with E-state index in [1.54, 1.807) is 11.8 Å². The molecule has 3 N–H and O–H groups in total. The van der Waals surface area contributed by atoms with Crippen LogP contribution in [0.1, 0.15) is 32.7 Å². The SMILES string of the molecule is Cc1ccc(C(F)(F)F)c(N2CCc3nc(N)ncc3C2)c1NC(=O)c1ccncc1. The third kappa shape index (κ3) is 4.14. The Balaban J connectivity index is 1.79. The molecule has 1 aliphatic rings. The van der Waals surface area contributed by atoms with E-state index < -0.39 is 17.6 Å². The van der Waals surface area contributed by atoms with Crippen LogP contribution in [0, 0.1) is 6.92 Å². The highest BCUT2D eigenvalue weighted by atomic mass is 19.4. The number of nitrogens with two attached hydrogens (primary N) is 1. The molecule has 1 aromatic carbocycles. The lowest BCUT2D eigenvalue weighted by Gasteiger charge is -2.34. The molecular weight excluding hydrogens is 409 g/mol. The summed E-state index contributed by atoms with van der Waals surface area (Å²) in [5, 5.41) is 2.68. The summed E-state index contributed by atoms with van der Waals surface area (Å²) in [4.78, 5) is 26.3. The Morgan fingerprint density at radius 2 is 1.94 bits per heavy atom. The lowest BCUT2D eigenvalue weighted by atomic mass is 10.0. The van der Waals surface area contributed by atoms with E-state index in [4.69, 9.17) is 5.73 Å². The Morgan fingerprint density at radius 3 is 2.65 bits per heavy atom.